The van der Waals surface area contributed by atoms with Crippen LogP contribution < -0.4 is 0 Å². The van der Waals surface area contributed by atoms with Crippen molar-refractivity contribution in [2.24, 2.45) is 0 Å². The van der Waals surface area contributed by atoms with Crippen LogP contribution in [0.2, 0.25) is 5.02 Å². The fraction of sp³-hybridized carbons (Fsp3) is 0.462. The third-order valence-electron chi connectivity index (χ3n) is 2.92. The number of benzene rings is 1. The summed E-state index contributed by atoms with van der Waals surface area (Å²) >= 11 is 11.1. The normalized spacial score (nSPS) is 11.3. The first-order valence-electron chi connectivity index (χ1n) is 6.27. The number of ether oxygens (including phenoxy) is 2. The zero-order valence-corrected chi connectivity index (χ0v) is 12.7. The van der Waals surface area contributed by atoms with Crippen LogP contribution in [0.5, 0.6) is 0 Å². The summed E-state index contributed by atoms with van der Waals surface area (Å²) in [5.41, 5.74) is 1.45. The van der Waals surface area contributed by atoms with Gasteiger partial charge in [0.1, 0.15) is 5.82 Å². The maximum atomic E-state index is 13.4. The highest BCUT2D eigenvalue weighted by atomic mass is 35.5. The van der Waals surface area contributed by atoms with Crippen LogP contribution in [-0.4, -0.2) is 36.5 Å². The van der Waals surface area contributed by atoms with E-state index in [1.54, 1.807) is 13.2 Å². The lowest BCUT2D eigenvalue weighted by Crippen LogP contribution is -2.06. The van der Waals surface area contributed by atoms with E-state index in [2.05, 4.69) is 4.98 Å². The molecule has 2 rings (SSSR count). The highest BCUT2D eigenvalue weighted by Gasteiger charge is 2.08. The molecule has 0 unspecified atom stereocenters. The minimum Gasteiger partial charge on any atom is -0.382 e. The van der Waals surface area contributed by atoms with Crippen molar-refractivity contribution in [3.8, 4) is 0 Å². The van der Waals surface area contributed by atoms with Crippen molar-refractivity contribution < 1.29 is 13.9 Å². The molecule has 1 heterocycles. The second kappa shape index (κ2) is 7.17. The topological polar surface area (TPSA) is 39.2 Å². The minimum atomic E-state index is -0.453. The lowest BCUT2D eigenvalue weighted by molar-refractivity contribution is 0.0681. The molecule has 20 heavy (non-hydrogen) atoms. The first kappa shape index (κ1) is 15.4. The second-order valence-electron chi connectivity index (χ2n) is 4.32. The van der Waals surface area contributed by atoms with Crippen LogP contribution in [0, 0.1) is 10.6 Å². The van der Waals surface area contributed by atoms with Crippen LogP contribution in [-0.2, 0) is 16.0 Å². The number of aryl methyl sites for hydroxylation is 1. The highest BCUT2D eigenvalue weighted by molar-refractivity contribution is 7.71. The van der Waals surface area contributed by atoms with Crippen LogP contribution in [0.4, 0.5) is 4.39 Å². The van der Waals surface area contributed by atoms with Crippen LogP contribution >= 0.6 is 23.8 Å². The molecule has 1 aromatic carbocycles. The molecular formula is C13H16ClFN2O2S. The molecule has 0 spiro atoms. The molecule has 1 N–H and O–H groups in total. The number of rotatable bonds is 7. The number of hydrogen-bond acceptors (Lipinski definition) is 3. The van der Waals surface area contributed by atoms with Crippen molar-refractivity contribution in [1.29, 1.82) is 0 Å². The number of aromatic amines is 1. The zero-order valence-electron chi connectivity index (χ0n) is 11.1. The third-order valence-corrected chi connectivity index (χ3v) is 3.53. The Hall–Kier alpha value is -0.950. The van der Waals surface area contributed by atoms with Gasteiger partial charge in [-0.1, -0.05) is 11.6 Å². The van der Waals surface area contributed by atoms with Crippen LogP contribution in [0.3, 0.4) is 0 Å². The van der Waals surface area contributed by atoms with E-state index in [0.29, 0.717) is 36.7 Å². The smallest absolute Gasteiger partial charge is 0.178 e. The molecule has 0 aliphatic rings. The molecule has 0 saturated carbocycles. The predicted molar refractivity (Wildman–Crippen MR) is 79.4 cm³/mol. The lowest BCUT2D eigenvalue weighted by atomic mass is 10.3. The summed E-state index contributed by atoms with van der Waals surface area (Å²) < 4.78 is 26.1. The highest BCUT2D eigenvalue weighted by Crippen LogP contribution is 2.23. The van der Waals surface area contributed by atoms with E-state index < -0.39 is 5.82 Å². The van der Waals surface area contributed by atoms with E-state index in [4.69, 9.17) is 33.3 Å². The molecule has 110 valence electrons. The fourth-order valence-corrected chi connectivity index (χ4v) is 2.40. The maximum absolute atomic E-state index is 13.4. The molecule has 0 saturated heterocycles. The lowest BCUT2D eigenvalue weighted by Gasteiger charge is -2.06. The monoisotopic (exact) mass is 318 g/mol. The second-order valence-corrected chi connectivity index (χ2v) is 5.12. The molecule has 0 radical (unpaired) electrons. The summed E-state index contributed by atoms with van der Waals surface area (Å²) in [6.07, 6.45) is 0.806. The van der Waals surface area contributed by atoms with Crippen LogP contribution in [0.15, 0.2) is 12.1 Å². The van der Waals surface area contributed by atoms with E-state index in [1.165, 1.54) is 6.07 Å². The van der Waals surface area contributed by atoms with Gasteiger partial charge in [-0.15, -0.1) is 0 Å². The van der Waals surface area contributed by atoms with E-state index >= 15 is 0 Å². The van der Waals surface area contributed by atoms with E-state index in [0.717, 1.165) is 11.9 Å². The Labute approximate surface area is 126 Å². The number of nitrogens with zero attached hydrogens (tertiary/aromatic N) is 1. The standard InChI is InChI=1S/C13H16ClFN2O2S/c1-18-5-6-19-4-2-3-17-12-7-9(14)10(15)8-11(12)16-13(17)20/h7-8H,2-6H2,1H3,(H,16,20). The number of imidazole rings is 1. The van der Waals surface area contributed by atoms with Gasteiger partial charge in [0.15, 0.2) is 4.77 Å². The summed E-state index contributed by atoms with van der Waals surface area (Å²) in [5.74, 6) is -0.453. The summed E-state index contributed by atoms with van der Waals surface area (Å²) in [6, 6.07) is 2.95. The Balaban J connectivity index is 2.04. The van der Waals surface area contributed by atoms with Gasteiger partial charge < -0.3 is 19.0 Å². The summed E-state index contributed by atoms with van der Waals surface area (Å²) in [4.78, 5) is 2.97. The molecular weight excluding hydrogens is 303 g/mol. The zero-order chi connectivity index (χ0) is 14.5. The summed E-state index contributed by atoms with van der Waals surface area (Å²) in [7, 11) is 1.64. The quantitative estimate of drug-likeness (QED) is 0.627. The fourth-order valence-electron chi connectivity index (χ4n) is 1.94. The number of fused-ring (bicyclic) bond motifs is 1. The van der Waals surface area contributed by atoms with Gasteiger partial charge in [-0.3, -0.25) is 0 Å². The SMILES string of the molecule is COCCOCCCn1c(=S)[nH]c2cc(F)c(Cl)cc21. The van der Waals surface area contributed by atoms with E-state index in [9.17, 15) is 4.39 Å². The van der Waals surface area contributed by atoms with Gasteiger partial charge in [0, 0.05) is 26.3 Å². The van der Waals surface area contributed by atoms with Crippen LogP contribution in [0.1, 0.15) is 6.42 Å². The van der Waals surface area contributed by atoms with Crippen molar-refractivity contribution in [3.63, 3.8) is 0 Å². The van der Waals surface area contributed by atoms with Crippen LogP contribution in [0.25, 0.3) is 11.0 Å². The Morgan fingerprint density at radius 3 is 2.90 bits per heavy atom. The largest absolute Gasteiger partial charge is 0.382 e. The Kier molecular flexibility index (Phi) is 5.54. The van der Waals surface area contributed by atoms with Crippen molar-refractivity contribution in [2.45, 2.75) is 13.0 Å². The Morgan fingerprint density at radius 2 is 2.15 bits per heavy atom. The molecule has 0 fully saturated rings. The van der Waals surface area contributed by atoms with E-state index in [1.807, 2.05) is 4.57 Å². The number of H-pyrrole nitrogens is 1. The van der Waals surface area contributed by atoms with Crippen molar-refractivity contribution in [2.75, 3.05) is 26.9 Å². The number of nitrogens with one attached hydrogen (secondary N) is 1. The van der Waals surface area contributed by atoms with Gasteiger partial charge in [-0.2, -0.15) is 0 Å². The summed E-state index contributed by atoms with van der Waals surface area (Å²) in [5, 5.41) is 0.0941. The molecule has 2 aromatic rings. The number of hydrogen-bond donors (Lipinski definition) is 1. The molecule has 1 aromatic heterocycles. The number of halogens is 2. The van der Waals surface area contributed by atoms with Gasteiger partial charge in [0.2, 0.25) is 0 Å². The average molecular weight is 319 g/mol. The predicted octanol–water partition coefficient (Wildman–Crippen LogP) is 3.54. The van der Waals surface area contributed by atoms with Gasteiger partial charge in [-0.05, 0) is 24.7 Å². The number of methoxy groups -OCH3 is 1. The number of aromatic nitrogens is 2. The van der Waals surface area contributed by atoms with Gasteiger partial charge >= 0.3 is 0 Å². The minimum absolute atomic E-state index is 0.0941. The Morgan fingerprint density at radius 1 is 1.35 bits per heavy atom. The maximum Gasteiger partial charge on any atom is 0.178 e. The molecule has 0 aliphatic carbocycles. The average Bonchev–Trinajstić information content (AvgIpc) is 2.70. The van der Waals surface area contributed by atoms with Gasteiger partial charge in [-0.25, -0.2) is 4.39 Å². The summed E-state index contributed by atoms with van der Waals surface area (Å²) in [6.45, 7) is 2.47. The van der Waals surface area contributed by atoms with Crippen molar-refractivity contribution >= 4 is 34.9 Å². The molecule has 0 atom stereocenters. The third kappa shape index (κ3) is 3.58. The van der Waals surface area contributed by atoms with Gasteiger partial charge in [0.05, 0.1) is 29.3 Å². The first-order valence-corrected chi connectivity index (χ1v) is 7.06. The molecule has 0 aliphatic heterocycles. The molecule has 0 amide bonds. The molecule has 4 nitrogen and oxygen atoms in total. The van der Waals surface area contributed by atoms with Crippen molar-refractivity contribution in [3.05, 3.63) is 27.7 Å². The molecule has 0 bridgehead atoms. The Bertz CT molecular complexity index is 641. The van der Waals surface area contributed by atoms with Gasteiger partial charge in [0.25, 0.3) is 0 Å². The van der Waals surface area contributed by atoms with E-state index in [-0.39, 0.29) is 5.02 Å². The molecule has 7 heteroatoms. The first-order chi connectivity index (χ1) is 9.63. The van der Waals surface area contributed by atoms with Crippen molar-refractivity contribution in [1.82, 2.24) is 9.55 Å².